The number of anilines is 3. The molecule has 8 heteroatoms. The van der Waals surface area contributed by atoms with Crippen molar-refractivity contribution < 1.29 is 14.3 Å². The van der Waals surface area contributed by atoms with Gasteiger partial charge in [0.15, 0.2) is 0 Å². The number of aromatic nitrogens is 2. The zero-order chi connectivity index (χ0) is 20.1. The van der Waals surface area contributed by atoms with Crippen molar-refractivity contribution in [3.63, 3.8) is 0 Å². The molecule has 7 nitrogen and oxygen atoms in total. The molecule has 0 radical (unpaired) electrons. The van der Waals surface area contributed by atoms with Crippen LogP contribution < -0.4 is 20.1 Å². The third-order valence-electron chi connectivity index (χ3n) is 3.82. The summed E-state index contributed by atoms with van der Waals surface area (Å²) in [4.78, 5) is 21.2. The second kappa shape index (κ2) is 8.58. The molecule has 3 rings (SSSR count). The molecule has 2 aromatic carbocycles. The van der Waals surface area contributed by atoms with Gasteiger partial charge in [-0.3, -0.25) is 4.79 Å². The molecule has 1 amide bonds. The number of methoxy groups -OCH3 is 2. The number of carbonyl (C=O) groups excluding carboxylic acids is 1. The van der Waals surface area contributed by atoms with Crippen LogP contribution in [0.1, 0.15) is 16.2 Å². The molecule has 0 spiro atoms. The lowest BCUT2D eigenvalue weighted by Crippen LogP contribution is -2.15. The highest BCUT2D eigenvalue weighted by Crippen LogP contribution is 2.27. The molecule has 0 aliphatic rings. The van der Waals surface area contributed by atoms with Gasteiger partial charge in [0.25, 0.3) is 5.91 Å². The van der Waals surface area contributed by atoms with Gasteiger partial charge in [0, 0.05) is 23.1 Å². The Kier molecular flexibility index (Phi) is 5.96. The van der Waals surface area contributed by atoms with Crippen molar-refractivity contribution in [1.82, 2.24) is 9.97 Å². The summed E-state index contributed by atoms with van der Waals surface area (Å²) in [5.41, 5.74) is 2.16. The minimum absolute atomic E-state index is 0.227. The number of carbonyl (C=O) groups is 1. The Balaban J connectivity index is 1.80. The van der Waals surface area contributed by atoms with E-state index in [9.17, 15) is 4.79 Å². The van der Waals surface area contributed by atoms with Crippen molar-refractivity contribution >= 4 is 34.8 Å². The van der Waals surface area contributed by atoms with Gasteiger partial charge < -0.3 is 20.1 Å². The minimum atomic E-state index is -0.375. The Labute approximate surface area is 167 Å². The lowest BCUT2D eigenvalue weighted by atomic mass is 10.2. The van der Waals surface area contributed by atoms with Crippen molar-refractivity contribution in [1.29, 1.82) is 0 Å². The van der Waals surface area contributed by atoms with Crippen molar-refractivity contribution in [2.45, 2.75) is 6.92 Å². The number of halogens is 1. The summed E-state index contributed by atoms with van der Waals surface area (Å²) >= 11 is 6.10. The Hall–Kier alpha value is -3.32. The summed E-state index contributed by atoms with van der Waals surface area (Å²) in [6, 6.07) is 13.9. The zero-order valence-corrected chi connectivity index (χ0v) is 16.4. The number of aryl methyl sites for hydroxylation is 1. The molecule has 0 bridgehead atoms. The SMILES string of the molecule is COc1cccc(Nc2nc(C)cc(C(=O)Nc3ccc(OC)c(Cl)c3)n2)c1. The standard InChI is InChI=1S/C20H19ClN4O3/c1-12-9-17(19(26)23-14-7-8-18(28-3)16(21)11-14)25-20(22-12)24-13-5-4-6-15(10-13)27-2/h4-11H,1-3H3,(H,23,26)(H,22,24,25). The highest BCUT2D eigenvalue weighted by Gasteiger charge is 2.12. The van der Waals surface area contributed by atoms with E-state index >= 15 is 0 Å². The maximum Gasteiger partial charge on any atom is 0.274 e. The molecule has 0 aliphatic heterocycles. The average molecular weight is 399 g/mol. The van der Waals surface area contributed by atoms with Gasteiger partial charge in [-0.25, -0.2) is 9.97 Å². The monoisotopic (exact) mass is 398 g/mol. The normalized spacial score (nSPS) is 10.3. The Bertz CT molecular complexity index is 1010. The molecule has 0 atom stereocenters. The summed E-state index contributed by atoms with van der Waals surface area (Å²) < 4.78 is 10.3. The van der Waals surface area contributed by atoms with E-state index in [1.54, 1.807) is 38.3 Å². The summed E-state index contributed by atoms with van der Waals surface area (Å²) in [5.74, 6) is 1.17. The van der Waals surface area contributed by atoms with Gasteiger partial charge in [-0.15, -0.1) is 0 Å². The minimum Gasteiger partial charge on any atom is -0.497 e. The smallest absolute Gasteiger partial charge is 0.274 e. The first-order valence-corrected chi connectivity index (χ1v) is 8.78. The predicted molar refractivity (Wildman–Crippen MR) is 109 cm³/mol. The predicted octanol–water partition coefficient (Wildman–Crippen LogP) is 4.45. The first kappa shape index (κ1) is 19.4. The molecule has 0 saturated carbocycles. The Morgan fingerprint density at radius 3 is 2.54 bits per heavy atom. The van der Waals surface area contributed by atoms with Gasteiger partial charge in [-0.2, -0.15) is 0 Å². The van der Waals surface area contributed by atoms with Crippen LogP contribution in [0.2, 0.25) is 5.02 Å². The fraction of sp³-hybridized carbons (Fsp3) is 0.150. The van der Waals surface area contributed by atoms with E-state index in [1.807, 2.05) is 24.3 Å². The summed E-state index contributed by atoms with van der Waals surface area (Å²) in [6.07, 6.45) is 0. The van der Waals surface area contributed by atoms with Crippen LogP contribution in [0, 0.1) is 6.92 Å². The average Bonchev–Trinajstić information content (AvgIpc) is 2.68. The molecule has 144 valence electrons. The number of hydrogen-bond donors (Lipinski definition) is 2. The van der Waals surface area contributed by atoms with E-state index in [-0.39, 0.29) is 11.6 Å². The van der Waals surface area contributed by atoms with Gasteiger partial charge in [0.2, 0.25) is 5.95 Å². The summed E-state index contributed by atoms with van der Waals surface area (Å²) in [7, 11) is 3.12. The molecule has 28 heavy (non-hydrogen) atoms. The topological polar surface area (TPSA) is 85.4 Å². The number of nitrogens with one attached hydrogen (secondary N) is 2. The molecular weight excluding hydrogens is 380 g/mol. The fourth-order valence-corrected chi connectivity index (χ4v) is 2.77. The number of amides is 1. The fourth-order valence-electron chi connectivity index (χ4n) is 2.51. The largest absolute Gasteiger partial charge is 0.497 e. The zero-order valence-electron chi connectivity index (χ0n) is 15.6. The van der Waals surface area contributed by atoms with Gasteiger partial charge >= 0.3 is 0 Å². The number of nitrogens with zero attached hydrogens (tertiary/aromatic N) is 2. The molecule has 1 aromatic heterocycles. The van der Waals surface area contributed by atoms with Crippen LogP contribution in [0.4, 0.5) is 17.3 Å². The number of benzene rings is 2. The van der Waals surface area contributed by atoms with Crippen LogP contribution in [-0.2, 0) is 0 Å². The molecule has 0 aliphatic carbocycles. The lowest BCUT2D eigenvalue weighted by Gasteiger charge is -2.10. The quantitative estimate of drug-likeness (QED) is 0.638. The second-order valence-corrected chi connectivity index (χ2v) is 6.29. The Morgan fingerprint density at radius 2 is 1.82 bits per heavy atom. The molecular formula is C20H19ClN4O3. The van der Waals surface area contributed by atoms with Crippen LogP contribution in [0.25, 0.3) is 0 Å². The Morgan fingerprint density at radius 1 is 1.00 bits per heavy atom. The first-order valence-electron chi connectivity index (χ1n) is 8.40. The van der Waals surface area contributed by atoms with Crippen LogP contribution >= 0.6 is 11.6 Å². The third kappa shape index (κ3) is 4.69. The van der Waals surface area contributed by atoms with E-state index < -0.39 is 0 Å². The van der Waals surface area contributed by atoms with Crippen LogP contribution in [0.5, 0.6) is 11.5 Å². The molecule has 3 aromatic rings. The van der Waals surface area contributed by atoms with Crippen LogP contribution in [-0.4, -0.2) is 30.1 Å². The summed E-state index contributed by atoms with van der Waals surface area (Å²) in [5, 5.41) is 6.26. The molecule has 0 unspecified atom stereocenters. The second-order valence-electron chi connectivity index (χ2n) is 5.88. The van der Waals surface area contributed by atoms with E-state index in [2.05, 4.69) is 20.6 Å². The van der Waals surface area contributed by atoms with Gasteiger partial charge in [0.05, 0.1) is 19.2 Å². The van der Waals surface area contributed by atoms with Crippen LogP contribution in [0.3, 0.4) is 0 Å². The highest BCUT2D eigenvalue weighted by molar-refractivity contribution is 6.32. The van der Waals surface area contributed by atoms with Gasteiger partial charge in [0.1, 0.15) is 17.2 Å². The lowest BCUT2D eigenvalue weighted by molar-refractivity contribution is 0.102. The van der Waals surface area contributed by atoms with Crippen molar-refractivity contribution in [3.8, 4) is 11.5 Å². The molecule has 2 N–H and O–H groups in total. The van der Waals surface area contributed by atoms with E-state index in [0.717, 1.165) is 5.69 Å². The van der Waals surface area contributed by atoms with Gasteiger partial charge in [-0.05, 0) is 43.3 Å². The first-order chi connectivity index (χ1) is 13.5. The maximum absolute atomic E-state index is 12.6. The number of rotatable bonds is 6. The molecule has 1 heterocycles. The highest BCUT2D eigenvalue weighted by atomic mass is 35.5. The van der Waals surface area contributed by atoms with E-state index in [1.165, 1.54) is 7.11 Å². The van der Waals surface area contributed by atoms with Crippen molar-refractivity contribution in [3.05, 3.63) is 64.9 Å². The van der Waals surface area contributed by atoms with Crippen molar-refractivity contribution in [2.24, 2.45) is 0 Å². The van der Waals surface area contributed by atoms with E-state index in [0.29, 0.717) is 33.9 Å². The number of hydrogen-bond acceptors (Lipinski definition) is 6. The summed E-state index contributed by atoms with van der Waals surface area (Å²) in [6.45, 7) is 1.79. The van der Waals surface area contributed by atoms with Gasteiger partial charge in [-0.1, -0.05) is 17.7 Å². The third-order valence-corrected chi connectivity index (χ3v) is 4.12. The number of ether oxygens (including phenoxy) is 2. The van der Waals surface area contributed by atoms with Crippen LogP contribution in [0.15, 0.2) is 48.5 Å². The van der Waals surface area contributed by atoms with Crippen molar-refractivity contribution in [2.75, 3.05) is 24.9 Å². The molecule has 0 fully saturated rings. The molecule has 0 saturated heterocycles. The maximum atomic E-state index is 12.6. The van der Waals surface area contributed by atoms with E-state index in [4.69, 9.17) is 21.1 Å².